The molecule has 1 amide bonds. The summed E-state index contributed by atoms with van der Waals surface area (Å²) in [5.41, 5.74) is -1.43. The number of hydrogen-bond donors (Lipinski definition) is 1. The largest absolute Gasteiger partial charge is 0.416 e. The predicted molar refractivity (Wildman–Crippen MR) is 60.7 cm³/mol. The van der Waals surface area contributed by atoms with Gasteiger partial charge in [-0.1, -0.05) is 24.8 Å². The Bertz CT molecular complexity index is 489. The molecule has 1 aromatic rings. The summed E-state index contributed by atoms with van der Waals surface area (Å²) >= 11 is 0. The number of halogens is 3. The molecule has 2 nitrogen and oxygen atoms in total. The molecule has 0 radical (unpaired) electrons. The van der Waals surface area contributed by atoms with E-state index < -0.39 is 23.2 Å². The van der Waals surface area contributed by atoms with Crippen LogP contribution in [0.15, 0.2) is 36.9 Å². The highest BCUT2D eigenvalue weighted by Crippen LogP contribution is 2.49. The Kier molecular flexibility index (Phi) is 2.92. The fraction of sp³-hybridized carbons (Fsp3) is 0.308. The minimum Gasteiger partial charge on any atom is -0.343 e. The zero-order chi connectivity index (χ0) is 13.4. The van der Waals surface area contributed by atoms with Crippen molar-refractivity contribution in [3.8, 4) is 0 Å². The molecule has 0 saturated heterocycles. The average Bonchev–Trinajstić information content (AvgIpc) is 3.09. The highest BCUT2D eigenvalue weighted by molar-refractivity contribution is 5.88. The lowest BCUT2D eigenvalue weighted by atomic mass is 9.97. The molecule has 1 saturated carbocycles. The lowest BCUT2D eigenvalue weighted by Gasteiger charge is -2.21. The van der Waals surface area contributed by atoms with Gasteiger partial charge in [-0.05, 0) is 30.5 Å². The normalized spacial score (nSPS) is 17.1. The maximum Gasteiger partial charge on any atom is 0.416 e. The summed E-state index contributed by atoms with van der Waals surface area (Å²) in [6.07, 6.45) is -2.32. The zero-order valence-corrected chi connectivity index (χ0v) is 9.55. The van der Waals surface area contributed by atoms with Crippen molar-refractivity contribution in [3.05, 3.63) is 48.0 Å². The summed E-state index contributed by atoms with van der Waals surface area (Å²) in [5.74, 6) is -0.454. The SMILES string of the molecule is C=CC(=O)NC1(c2ccccc2C(F)(F)F)CC1. The molecule has 96 valence electrons. The second kappa shape index (κ2) is 4.15. The molecule has 0 bridgehead atoms. The maximum absolute atomic E-state index is 12.9. The first kappa shape index (κ1) is 12.7. The molecule has 1 aliphatic rings. The molecule has 18 heavy (non-hydrogen) atoms. The van der Waals surface area contributed by atoms with Crippen molar-refractivity contribution in [3.63, 3.8) is 0 Å². The standard InChI is InChI=1S/C13H12F3NO/c1-2-11(18)17-12(7-8-12)9-5-3-4-6-10(9)13(14,15)16/h2-6H,1,7-8H2,(H,17,18). The Labute approximate surface area is 102 Å². The van der Waals surface area contributed by atoms with Crippen LogP contribution in [0.25, 0.3) is 0 Å². The highest BCUT2D eigenvalue weighted by atomic mass is 19.4. The van der Waals surface area contributed by atoms with E-state index in [0.29, 0.717) is 12.8 Å². The number of benzene rings is 1. The molecule has 0 aromatic heterocycles. The molecule has 0 atom stereocenters. The van der Waals surface area contributed by atoms with Gasteiger partial charge < -0.3 is 5.32 Å². The summed E-state index contributed by atoms with van der Waals surface area (Å²) < 4.78 is 38.7. The van der Waals surface area contributed by atoms with Gasteiger partial charge in [0, 0.05) is 0 Å². The van der Waals surface area contributed by atoms with E-state index in [9.17, 15) is 18.0 Å². The van der Waals surface area contributed by atoms with Gasteiger partial charge in [-0.15, -0.1) is 0 Å². The first-order chi connectivity index (χ1) is 8.39. The maximum atomic E-state index is 12.9. The lowest BCUT2D eigenvalue weighted by Crippen LogP contribution is -2.35. The van der Waals surface area contributed by atoms with E-state index in [1.165, 1.54) is 12.1 Å². The van der Waals surface area contributed by atoms with Crippen molar-refractivity contribution >= 4 is 5.91 Å². The highest BCUT2D eigenvalue weighted by Gasteiger charge is 2.49. The second-order valence-electron chi connectivity index (χ2n) is 4.32. The van der Waals surface area contributed by atoms with E-state index in [1.807, 2.05) is 0 Å². The summed E-state index contributed by atoms with van der Waals surface area (Å²) in [6, 6.07) is 5.34. The number of rotatable bonds is 3. The van der Waals surface area contributed by atoms with Gasteiger partial charge in [0.1, 0.15) is 0 Å². The monoisotopic (exact) mass is 255 g/mol. The van der Waals surface area contributed by atoms with E-state index >= 15 is 0 Å². The smallest absolute Gasteiger partial charge is 0.343 e. The minimum atomic E-state index is -4.41. The average molecular weight is 255 g/mol. The summed E-state index contributed by atoms with van der Waals surface area (Å²) in [6.45, 7) is 3.30. The molecule has 1 aliphatic carbocycles. The van der Waals surface area contributed by atoms with Crippen LogP contribution in [0.5, 0.6) is 0 Å². The van der Waals surface area contributed by atoms with Crippen LogP contribution in [-0.2, 0) is 16.5 Å². The van der Waals surface area contributed by atoms with Gasteiger partial charge in [-0.3, -0.25) is 4.79 Å². The topological polar surface area (TPSA) is 29.1 Å². The third kappa shape index (κ3) is 2.25. The van der Waals surface area contributed by atoms with E-state index in [-0.39, 0.29) is 5.56 Å². The van der Waals surface area contributed by atoms with Crippen molar-refractivity contribution in [1.29, 1.82) is 0 Å². The lowest BCUT2D eigenvalue weighted by molar-refractivity contribution is -0.138. The van der Waals surface area contributed by atoms with Gasteiger partial charge in [0.15, 0.2) is 0 Å². The van der Waals surface area contributed by atoms with Crippen LogP contribution < -0.4 is 5.32 Å². The Hall–Kier alpha value is -1.78. The van der Waals surface area contributed by atoms with Crippen LogP contribution in [0, 0.1) is 0 Å². The van der Waals surface area contributed by atoms with Gasteiger partial charge >= 0.3 is 6.18 Å². The second-order valence-corrected chi connectivity index (χ2v) is 4.32. The van der Waals surface area contributed by atoms with Crippen molar-refractivity contribution < 1.29 is 18.0 Å². The Morgan fingerprint density at radius 1 is 1.33 bits per heavy atom. The van der Waals surface area contributed by atoms with Crippen LogP contribution in [0.2, 0.25) is 0 Å². The van der Waals surface area contributed by atoms with Crippen LogP contribution >= 0.6 is 0 Å². The van der Waals surface area contributed by atoms with Crippen molar-refractivity contribution in [1.82, 2.24) is 5.32 Å². The fourth-order valence-electron chi connectivity index (χ4n) is 2.02. The molecule has 0 unspecified atom stereocenters. The van der Waals surface area contributed by atoms with Crippen molar-refractivity contribution in [2.24, 2.45) is 0 Å². The van der Waals surface area contributed by atoms with Crippen molar-refractivity contribution in [2.75, 3.05) is 0 Å². The zero-order valence-electron chi connectivity index (χ0n) is 9.55. The third-order valence-corrected chi connectivity index (χ3v) is 3.05. The first-order valence-corrected chi connectivity index (χ1v) is 5.50. The van der Waals surface area contributed by atoms with E-state index in [0.717, 1.165) is 12.1 Å². The fourth-order valence-corrected chi connectivity index (χ4v) is 2.02. The molecule has 1 N–H and O–H groups in total. The Morgan fingerprint density at radius 3 is 2.44 bits per heavy atom. The van der Waals surface area contributed by atoms with E-state index in [1.54, 1.807) is 6.07 Å². The first-order valence-electron chi connectivity index (χ1n) is 5.50. The van der Waals surface area contributed by atoms with E-state index in [4.69, 9.17) is 0 Å². The number of hydrogen-bond acceptors (Lipinski definition) is 1. The number of nitrogens with one attached hydrogen (secondary N) is 1. The molecule has 0 heterocycles. The van der Waals surface area contributed by atoms with Gasteiger partial charge in [-0.25, -0.2) is 0 Å². The quantitative estimate of drug-likeness (QED) is 0.826. The number of amides is 1. The molecule has 1 aromatic carbocycles. The molecule has 5 heteroatoms. The van der Waals surface area contributed by atoms with Gasteiger partial charge in [-0.2, -0.15) is 13.2 Å². The molecule has 0 aliphatic heterocycles. The number of carbonyl (C=O) groups excluding carboxylic acids is 1. The van der Waals surface area contributed by atoms with E-state index in [2.05, 4.69) is 11.9 Å². The summed E-state index contributed by atoms with van der Waals surface area (Å²) in [7, 11) is 0. The van der Waals surface area contributed by atoms with Gasteiger partial charge in [0.25, 0.3) is 0 Å². The summed E-state index contributed by atoms with van der Waals surface area (Å²) in [5, 5.41) is 2.59. The predicted octanol–water partition coefficient (Wildman–Crippen LogP) is 3.00. The Balaban J connectivity index is 2.40. The molecule has 2 rings (SSSR count). The number of carbonyl (C=O) groups is 1. The molecular formula is C13H12F3NO. The Morgan fingerprint density at radius 2 is 1.94 bits per heavy atom. The van der Waals surface area contributed by atoms with Crippen LogP contribution in [0.1, 0.15) is 24.0 Å². The van der Waals surface area contributed by atoms with Gasteiger partial charge in [0.2, 0.25) is 5.91 Å². The molecule has 1 fully saturated rings. The van der Waals surface area contributed by atoms with Crippen LogP contribution in [0.4, 0.5) is 13.2 Å². The van der Waals surface area contributed by atoms with Crippen LogP contribution in [0.3, 0.4) is 0 Å². The molecular weight excluding hydrogens is 243 g/mol. The third-order valence-electron chi connectivity index (χ3n) is 3.05. The minimum absolute atomic E-state index is 0.132. The molecule has 0 spiro atoms. The van der Waals surface area contributed by atoms with Crippen LogP contribution in [-0.4, -0.2) is 5.91 Å². The number of alkyl halides is 3. The van der Waals surface area contributed by atoms with Crippen molar-refractivity contribution in [2.45, 2.75) is 24.6 Å². The van der Waals surface area contributed by atoms with Gasteiger partial charge in [0.05, 0.1) is 11.1 Å². The summed E-state index contributed by atoms with van der Waals surface area (Å²) in [4.78, 5) is 11.3.